The predicted molar refractivity (Wildman–Crippen MR) is 67.5 cm³/mol. The average Bonchev–Trinajstić information content (AvgIpc) is 3.21. The molecule has 3 rings (SSSR count). The summed E-state index contributed by atoms with van der Waals surface area (Å²) < 4.78 is 10.6. The van der Waals surface area contributed by atoms with E-state index < -0.39 is 6.10 Å². The SMILES string of the molecule is O=C(OCc1ccccc1)N1CC[C@@H](O)[C@H]2O[C@H]2C1. The number of benzene rings is 1. The van der Waals surface area contributed by atoms with Gasteiger partial charge in [0.05, 0.1) is 12.6 Å². The number of aliphatic hydroxyl groups excluding tert-OH is 1. The van der Waals surface area contributed by atoms with Crippen molar-refractivity contribution in [3.05, 3.63) is 35.9 Å². The summed E-state index contributed by atoms with van der Waals surface area (Å²) in [4.78, 5) is 13.6. The van der Waals surface area contributed by atoms with Crippen LogP contribution in [0, 0.1) is 0 Å². The van der Waals surface area contributed by atoms with Crippen LogP contribution in [0.2, 0.25) is 0 Å². The van der Waals surface area contributed by atoms with E-state index >= 15 is 0 Å². The summed E-state index contributed by atoms with van der Waals surface area (Å²) in [7, 11) is 0. The lowest BCUT2D eigenvalue weighted by molar-refractivity contribution is 0.0775. The van der Waals surface area contributed by atoms with Crippen molar-refractivity contribution in [2.75, 3.05) is 13.1 Å². The van der Waals surface area contributed by atoms with Crippen LogP contribution in [0.3, 0.4) is 0 Å². The third-order valence-corrected chi connectivity index (χ3v) is 3.56. The Morgan fingerprint density at radius 2 is 2.21 bits per heavy atom. The van der Waals surface area contributed by atoms with Crippen LogP contribution in [0.4, 0.5) is 4.79 Å². The van der Waals surface area contributed by atoms with Gasteiger partial charge in [-0.05, 0) is 12.0 Å². The summed E-state index contributed by atoms with van der Waals surface area (Å²) in [5.74, 6) is 0. The van der Waals surface area contributed by atoms with Crippen LogP contribution >= 0.6 is 0 Å². The topological polar surface area (TPSA) is 62.3 Å². The van der Waals surface area contributed by atoms with Gasteiger partial charge < -0.3 is 19.5 Å². The van der Waals surface area contributed by atoms with E-state index in [0.29, 0.717) is 19.5 Å². The molecule has 1 aromatic carbocycles. The summed E-state index contributed by atoms with van der Waals surface area (Å²) in [5.41, 5.74) is 0.964. The van der Waals surface area contributed by atoms with E-state index in [9.17, 15) is 9.90 Å². The minimum Gasteiger partial charge on any atom is -0.445 e. The molecular weight excluding hydrogens is 246 g/mol. The van der Waals surface area contributed by atoms with Crippen LogP contribution in [0.25, 0.3) is 0 Å². The van der Waals surface area contributed by atoms with E-state index in [2.05, 4.69) is 0 Å². The second-order valence-corrected chi connectivity index (χ2v) is 4.98. The van der Waals surface area contributed by atoms with Crippen molar-refractivity contribution in [1.82, 2.24) is 4.90 Å². The lowest BCUT2D eigenvalue weighted by Gasteiger charge is -2.20. The predicted octanol–water partition coefficient (Wildman–Crippen LogP) is 1.16. The number of hydrogen-bond donors (Lipinski definition) is 1. The summed E-state index contributed by atoms with van der Waals surface area (Å²) in [6, 6.07) is 9.58. The maximum atomic E-state index is 12.0. The molecule has 5 heteroatoms. The summed E-state index contributed by atoms with van der Waals surface area (Å²) >= 11 is 0. The van der Waals surface area contributed by atoms with Crippen molar-refractivity contribution in [3.8, 4) is 0 Å². The third-order valence-electron chi connectivity index (χ3n) is 3.56. The van der Waals surface area contributed by atoms with Crippen molar-refractivity contribution < 1.29 is 19.4 Å². The Hall–Kier alpha value is -1.59. The molecule has 2 heterocycles. The molecule has 19 heavy (non-hydrogen) atoms. The Morgan fingerprint density at radius 3 is 3.00 bits per heavy atom. The second-order valence-electron chi connectivity index (χ2n) is 4.98. The highest BCUT2D eigenvalue weighted by atomic mass is 16.6. The number of carbonyl (C=O) groups excluding carboxylic acids is 1. The molecule has 1 N–H and O–H groups in total. The first kappa shape index (κ1) is 12.4. The Bertz CT molecular complexity index is 450. The van der Waals surface area contributed by atoms with Crippen molar-refractivity contribution in [3.63, 3.8) is 0 Å². The van der Waals surface area contributed by atoms with Gasteiger partial charge in [-0.1, -0.05) is 30.3 Å². The fourth-order valence-corrected chi connectivity index (χ4v) is 2.38. The number of fused-ring (bicyclic) bond motifs is 1. The molecule has 2 saturated heterocycles. The fraction of sp³-hybridized carbons (Fsp3) is 0.500. The van der Waals surface area contributed by atoms with Gasteiger partial charge in [0, 0.05) is 6.54 Å². The highest BCUT2D eigenvalue weighted by Crippen LogP contribution is 2.31. The van der Waals surface area contributed by atoms with Crippen LogP contribution in [-0.2, 0) is 16.1 Å². The van der Waals surface area contributed by atoms with E-state index in [1.54, 1.807) is 4.90 Å². The maximum absolute atomic E-state index is 12.0. The number of carbonyl (C=O) groups is 1. The minimum atomic E-state index is -0.461. The molecule has 102 valence electrons. The van der Waals surface area contributed by atoms with Gasteiger partial charge >= 0.3 is 6.09 Å². The fourth-order valence-electron chi connectivity index (χ4n) is 2.38. The van der Waals surface area contributed by atoms with Gasteiger partial charge in [0.25, 0.3) is 0 Å². The first-order chi connectivity index (χ1) is 9.24. The molecule has 3 atom stereocenters. The molecule has 0 spiro atoms. The van der Waals surface area contributed by atoms with Crippen molar-refractivity contribution in [2.24, 2.45) is 0 Å². The van der Waals surface area contributed by atoms with E-state index in [4.69, 9.17) is 9.47 Å². The standard InChI is InChI=1S/C14H17NO4/c16-11-6-7-15(8-12-13(11)19-12)14(17)18-9-10-4-2-1-3-5-10/h1-5,11-13,16H,6-9H2/t11-,12+,13-/m1/s1. The number of nitrogens with zero attached hydrogens (tertiary/aromatic N) is 1. The molecule has 0 saturated carbocycles. The number of likely N-dealkylation sites (tertiary alicyclic amines) is 1. The Morgan fingerprint density at radius 1 is 1.42 bits per heavy atom. The molecule has 0 aliphatic carbocycles. The van der Waals surface area contributed by atoms with E-state index in [-0.39, 0.29) is 24.9 Å². The zero-order chi connectivity index (χ0) is 13.2. The zero-order valence-corrected chi connectivity index (χ0v) is 10.6. The third kappa shape index (κ3) is 2.88. The number of hydrogen-bond acceptors (Lipinski definition) is 4. The van der Waals surface area contributed by atoms with Gasteiger partial charge in [-0.15, -0.1) is 0 Å². The van der Waals surface area contributed by atoms with Crippen LogP contribution < -0.4 is 0 Å². The van der Waals surface area contributed by atoms with Crippen molar-refractivity contribution in [2.45, 2.75) is 31.3 Å². The minimum absolute atomic E-state index is 0.0261. The molecule has 0 aromatic heterocycles. The summed E-state index contributed by atoms with van der Waals surface area (Å²) in [5, 5.41) is 9.70. The average molecular weight is 263 g/mol. The molecule has 0 unspecified atom stereocenters. The van der Waals surface area contributed by atoms with Crippen LogP contribution in [0.5, 0.6) is 0 Å². The normalized spacial score (nSPS) is 29.3. The largest absolute Gasteiger partial charge is 0.445 e. The first-order valence-corrected chi connectivity index (χ1v) is 6.53. The van der Waals surface area contributed by atoms with Gasteiger partial charge in [-0.25, -0.2) is 4.79 Å². The number of epoxide rings is 1. The van der Waals surface area contributed by atoms with E-state index in [0.717, 1.165) is 5.56 Å². The lowest BCUT2D eigenvalue weighted by Crippen LogP contribution is -2.35. The zero-order valence-electron chi connectivity index (χ0n) is 10.6. The number of aliphatic hydroxyl groups is 1. The monoisotopic (exact) mass is 263 g/mol. The Labute approximate surface area is 111 Å². The van der Waals surface area contributed by atoms with E-state index in [1.807, 2.05) is 30.3 Å². The van der Waals surface area contributed by atoms with Crippen LogP contribution in [0.15, 0.2) is 30.3 Å². The van der Waals surface area contributed by atoms with Gasteiger partial charge in [0.15, 0.2) is 0 Å². The van der Waals surface area contributed by atoms with Gasteiger partial charge in [-0.3, -0.25) is 0 Å². The van der Waals surface area contributed by atoms with Crippen molar-refractivity contribution in [1.29, 1.82) is 0 Å². The first-order valence-electron chi connectivity index (χ1n) is 6.53. The summed E-state index contributed by atoms with van der Waals surface area (Å²) in [6.07, 6.45) is -0.375. The highest BCUT2D eigenvalue weighted by Gasteiger charge is 2.48. The summed E-state index contributed by atoms with van der Waals surface area (Å²) in [6.45, 7) is 1.30. The van der Waals surface area contributed by atoms with Crippen LogP contribution in [-0.4, -0.2) is 47.5 Å². The number of rotatable bonds is 2. The molecule has 2 fully saturated rings. The quantitative estimate of drug-likeness (QED) is 0.813. The second kappa shape index (κ2) is 5.19. The molecular formula is C14H17NO4. The molecule has 1 aromatic rings. The Balaban J connectivity index is 1.53. The molecule has 0 radical (unpaired) electrons. The highest BCUT2D eigenvalue weighted by molar-refractivity contribution is 5.67. The van der Waals surface area contributed by atoms with Gasteiger partial charge in [-0.2, -0.15) is 0 Å². The smallest absolute Gasteiger partial charge is 0.410 e. The number of ether oxygens (including phenoxy) is 2. The molecule has 5 nitrogen and oxygen atoms in total. The van der Waals surface area contributed by atoms with Gasteiger partial charge in [0.2, 0.25) is 0 Å². The van der Waals surface area contributed by atoms with E-state index in [1.165, 1.54) is 0 Å². The van der Waals surface area contributed by atoms with Gasteiger partial charge in [0.1, 0.15) is 18.8 Å². The maximum Gasteiger partial charge on any atom is 0.410 e. The lowest BCUT2D eigenvalue weighted by atomic mass is 10.2. The molecule has 1 amide bonds. The molecule has 0 bridgehead atoms. The molecule has 2 aliphatic heterocycles. The Kier molecular flexibility index (Phi) is 3.40. The number of amides is 1. The van der Waals surface area contributed by atoms with Crippen LogP contribution in [0.1, 0.15) is 12.0 Å². The van der Waals surface area contributed by atoms with Crippen molar-refractivity contribution >= 4 is 6.09 Å². The molecule has 2 aliphatic rings.